The molecule has 0 spiro atoms. The minimum Gasteiger partial charge on any atom is -0.357 e. The topological polar surface area (TPSA) is 82.6 Å². The van der Waals surface area contributed by atoms with E-state index >= 15 is 0 Å². The molecule has 1 fully saturated rings. The minimum atomic E-state index is -3.13. The molecule has 28 heavy (non-hydrogen) atoms. The summed E-state index contributed by atoms with van der Waals surface area (Å²) in [7, 11) is -3.13. The highest BCUT2D eigenvalue weighted by Gasteiger charge is 2.23. The molecule has 1 saturated heterocycles. The van der Waals surface area contributed by atoms with Crippen LogP contribution < -0.4 is 10.2 Å². The van der Waals surface area contributed by atoms with Crippen LogP contribution in [0.1, 0.15) is 52.0 Å². The Balaban J connectivity index is 1.96. The molecule has 0 bridgehead atoms. The fourth-order valence-electron chi connectivity index (χ4n) is 3.55. The van der Waals surface area contributed by atoms with Gasteiger partial charge in [-0.15, -0.1) is 0 Å². The number of hydrogen-bond acceptors (Lipinski definition) is 5. The normalized spacial score (nSPS) is 16.3. The van der Waals surface area contributed by atoms with Gasteiger partial charge in [-0.25, -0.2) is 18.2 Å². The zero-order valence-corrected chi connectivity index (χ0v) is 18.2. The molecule has 0 saturated carbocycles. The molecule has 1 unspecified atom stereocenters. The second-order valence-electron chi connectivity index (χ2n) is 7.42. The van der Waals surface area contributed by atoms with Crippen molar-refractivity contribution in [2.45, 2.75) is 59.0 Å². The zero-order chi connectivity index (χ0) is 20.6. The van der Waals surface area contributed by atoms with Gasteiger partial charge in [0.15, 0.2) is 9.84 Å². The lowest BCUT2D eigenvalue weighted by atomic mass is 10.2. The molecule has 7 nitrogen and oxygen atoms in total. The molecule has 1 aliphatic heterocycles. The summed E-state index contributed by atoms with van der Waals surface area (Å²) >= 11 is 0. The van der Waals surface area contributed by atoms with Crippen molar-refractivity contribution in [1.29, 1.82) is 0 Å². The van der Waals surface area contributed by atoms with Crippen molar-refractivity contribution in [3.63, 3.8) is 0 Å². The maximum atomic E-state index is 12.6. The van der Waals surface area contributed by atoms with Gasteiger partial charge in [0.25, 0.3) is 0 Å². The van der Waals surface area contributed by atoms with Crippen LogP contribution in [0.2, 0.25) is 0 Å². The van der Waals surface area contributed by atoms with Gasteiger partial charge < -0.3 is 15.1 Å². The fourth-order valence-corrected chi connectivity index (χ4v) is 4.70. The SMILES string of the molecule is CCN(C(=O)NCc1ccnc(N2CCCCCC2)c1)C(C)CS(=O)(=O)CC. The van der Waals surface area contributed by atoms with Gasteiger partial charge in [-0.1, -0.05) is 19.8 Å². The molecule has 0 aliphatic carbocycles. The largest absolute Gasteiger partial charge is 0.357 e. The predicted octanol–water partition coefficient (Wildman–Crippen LogP) is 2.82. The van der Waals surface area contributed by atoms with E-state index in [-0.39, 0.29) is 23.6 Å². The van der Waals surface area contributed by atoms with E-state index in [1.807, 2.05) is 19.1 Å². The molecule has 8 heteroatoms. The first-order valence-corrected chi connectivity index (χ1v) is 12.1. The Kier molecular flexibility index (Phi) is 8.54. The van der Waals surface area contributed by atoms with E-state index in [0.29, 0.717) is 13.1 Å². The number of rotatable bonds is 8. The number of nitrogens with one attached hydrogen (secondary N) is 1. The van der Waals surface area contributed by atoms with Crippen molar-refractivity contribution in [1.82, 2.24) is 15.2 Å². The molecule has 1 aromatic heterocycles. The Morgan fingerprint density at radius 2 is 1.93 bits per heavy atom. The first-order chi connectivity index (χ1) is 13.4. The molecule has 1 atom stereocenters. The fraction of sp³-hybridized carbons (Fsp3) is 0.700. The third kappa shape index (κ3) is 6.65. The number of nitrogens with zero attached hydrogens (tertiary/aromatic N) is 3. The lowest BCUT2D eigenvalue weighted by Crippen LogP contribution is -2.47. The van der Waals surface area contributed by atoms with Crippen molar-refractivity contribution in [3.05, 3.63) is 23.9 Å². The Hall–Kier alpha value is -1.83. The molecule has 1 aliphatic rings. The van der Waals surface area contributed by atoms with E-state index in [1.54, 1.807) is 24.9 Å². The van der Waals surface area contributed by atoms with Crippen LogP contribution in [0, 0.1) is 0 Å². The highest BCUT2D eigenvalue weighted by Crippen LogP contribution is 2.18. The Bertz CT molecular complexity index is 731. The van der Waals surface area contributed by atoms with Crippen LogP contribution in [0.15, 0.2) is 18.3 Å². The number of urea groups is 1. The number of anilines is 1. The number of sulfone groups is 1. The highest BCUT2D eigenvalue weighted by molar-refractivity contribution is 7.91. The van der Waals surface area contributed by atoms with Crippen LogP contribution in [0.25, 0.3) is 0 Å². The first kappa shape index (κ1) is 22.5. The van der Waals surface area contributed by atoms with E-state index in [9.17, 15) is 13.2 Å². The van der Waals surface area contributed by atoms with Gasteiger partial charge in [-0.2, -0.15) is 0 Å². The standard InChI is InChI=1S/C20H34N4O3S/c1-4-24(17(3)16-28(26,27)5-2)20(25)22-15-18-10-11-21-19(14-18)23-12-8-6-7-9-13-23/h10-11,14,17H,4-9,12-13,15-16H2,1-3H3,(H,22,25). The summed E-state index contributed by atoms with van der Waals surface area (Å²) in [5, 5.41) is 2.92. The number of pyridine rings is 1. The van der Waals surface area contributed by atoms with Gasteiger partial charge in [-0.05, 0) is 44.4 Å². The minimum absolute atomic E-state index is 0.0148. The molecule has 1 aromatic rings. The number of aromatic nitrogens is 1. The lowest BCUT2D eigenvalue weighted by Gasteiger charge is -2.28. The number of carbonyl (C=O) groups excluding carboxylic acids is 1. The predicted molar refractivity (Wildman–Crippen MR) is 113 cm³/mol. The third-order valence-electron chi connectivity index (χ3n) is 5.25. The van der Waals surface area contributed by atoms with Crippen LogP contribution in [-0.2, 0) is 16.4 Å². The molecule has 0 radical (unpaired) electrons. The van der Waals surface area contributed by atoms with Gasteiger partial charge >= 0.3 is 6.03 Å². The molecule has 2 heterocycles. The van der Waals surface area contributed by atoms with E-state index in [2.05, 4.69) is 15.2 Å². The van der Waals surface area contributed by atoms with Crippen molar-refractivity contribution in [3.8, 4) is 0 Å². The Morgan fingerprint density at radius 3 is 2.54 bits per heavy atom. The summed E-state index contributed by atoms with van der Waals surface area (Å²) in [5.74, 6) is 1.04. The Morgan fingerprint density at radius 1 is 1.25 bits per heavy atom. The first-order valence-electron chi connectivity index (χ1n) is 10.3. The van der Waals surface area contributed by atoms with Crippen LogP contribution in [-0.4, -0.2) is 61.5 Å². The van der Waals surface area contributed by atoms with E-state index < -0.39 is 9.84 Å². The quantitative estimate of drug-likeness (QED) is 0.713. The van der Waals surface area contributed by atoms with E-state index in [0.717, 1.165) is 24.5 Å². The molecule has 2 rings (SSSR count). The number of hydrogen-bond donors (Lipinski definition) is 1. The summed E-state index contributed by atoms with van der Waals surface area (Å²) in [6, 6.07) is 3.34. The van der Waals surface area contributed by atoms with Crippen molar-refractivity contribution >= 4 is 21.7 Å². The summed E-state index contributed by atoms with van der Waals surface area (Å²) in [6.07, 6.45) is 6.70. The average molecular weight is 411 g/mol. The van der Waals surface area contributed by atoms with Crippen LogP contribution in [0.3, 0.4) is 0 Å². The van der Waals surface area contributed by atoms with E-state index in [4.69, 9.17) is 0 Å². The van der Waals surface area contributed by atoms with Crippen LogP contribution in [0.5, 0.6) is 0 Å². The second-order valence-corrected chi connectivity index (χ2v) is 9.81. The van der Waals surface area contributed by atoms with Gasteiger partial charge in [-0.3, -0.25) is 0 Å². The second kappa shape index (κ2) is 10.6. The molecular formula is C20H34N4O3S. The highest BCUT2D eigenvalue weighted by atomic mass is 32.2. The summed E-state index contributed by atoms with van der Waals surface area (Å²) < 4.78 is 23.7. The summed E-state index contributed by atoms with van der Waals surface area (Å²) in [6.45, 7) is 8.17. The Labute approximate surface area is 169 Å². The molecule has 1 N–H and O–H groups in total. The van der Waals surface area contributed by atoms with Gasteiger partial charge in [0.05, 0.1) is 5.75 Å². The maximum Gasteiger partial charge on any atom is 0.317 e. The molecule has 2 amide bonds. The molecule has 0 aromatic carbocycles. The number of amides is 2. The van der Waals surface area contributed by atoms with Gasteiger partial charge in [0.2, 0.25) is 0 Å². The maximum absolute atomic E-state index is 12.6. The molecular weight excluding hydrogens is 376 g/mol. The average Bonchev–Trinajstić information content (AvgIpc) is 2.96. The van der Waals surface area contributed by atoms with E-state index in [1.165, 1.54) is 25.7 Å². The molecule has 158 valence electrons. The smallest absolute Gasteiger partial charge is 0.317 e. The summed E-state index contributed by atoms with van der Waals surface area (Å²) in [5.41, 5.74) is 0.993. The van der Waals surface area contributed by atoms with Gasteiger partial charge in [0.1, 0.15) is 5.82 Å². The monoisotopic (exact) mass is 410 g/mol. The van der Waals surface area contributed by atoms with Crippen LogP contribution >= 0.6 is 0 Å². The van der Waals surface area contributed by atoms with Gasteiger partial charge in [0, 0.05) is 44.2 Å². The lowest BCUT2D eigenvalue weighted by molar-refractivity contribution is 0.187. The van der Waals surface area contributed by atoms with Crippen molar-refractivity contribution in [2.24, 2.45) is 0 Å². The third-order valence-corrected chi connectivity index (χ3v) is 7.12. The van der Waals surface area contributed by atoms with Crippen LogP contribution in [0.4, 0.5) is 10.6 Å². The number of carbonyl (C=O) groups is 1. The van der Waals surface area contributed by atoms with Crippen molar-refractivity contribution in [2.75, 3.05) is 36.0 Å². The van der Waals surface area contributed by atoms with Crippen molar-refractivity contribution < 1.29 is 13.2 Å². The summed E-state index contributed by atoms with van der Waals surface area (Å²) in [4.78, 5) is 21.0. The zero-order valence-electron chi connectivity index (χ0n) is 17.4.